The Morgan fingerprint density at radius 3 is 2.22 bits per heavy atom. The van der Waals surface area contributed by atoms with Crippen LogP contribution in [0.2, 0.25) is 5.02 Å². The molecule has 7 heteroatoms. The number of hydrogen-bond donors (Lipinski definition) is 0. The average Bonchev–Trinajstić information content (AvgIpc) is 3.62. The molecule has 3 aromatic carbocycles. The van der Waals surface area contributed by atoms with Gasteiger partial charge in [0.15, 0.2) is 17.3 Å². The van der Waals surface area contributed by atoms with E-state index in [0.717, 1.165) is 11.1 Å². The molecule has 37 heavy (non-hydrogen) atoms. The van der Waals surface area contributed by atoms with Gasteiger partial charge in [0.25, 0.3) is 0 Å². The van der Waals surface area contributed by atoms with Crippen molar-refractivity contribution < 1.29 is 18.8 Å². The molecule has 4 aromatic rings. The number of fused-ring (bicyclic) bond motifs is 5. The van der Waals surface area contributed by atoms with Crippen LogP contribution in [0.4, 0.5) is 0 Å². The Kier molecular flexibility index (Phi) is 4.66. The Bertz CT molecular complexity index is 1590. The standard InChI is InChI=1S/C30H19ClN2O4/c31-19-13-11-17(12-14-19)26(34)25-24(23-10-5-15-37-23)30(28(35)21-8-3-4-9-22(21)29(30)36)27-20-7-2-1-6-18(20)16-32-33(25)27/h1-16,24-25,27H/t24-,25-,27+/m1/s1. The van der Waals surface area contributed by atoms with Crippen molar-refractivity contribution >= 4 is 35.2 Å². The molecule has 3 atom stereocenters. The number of carbonyl (C=O) groups is 3. The maximum atomic E-state index is 14.5. The molecular formula is C30H19ClN2O4. The van der Waals surface area contributed by atoms with Gasteiger partial charge in [0.2, 0.25) is 0 Å². The van der Waals surface area contributed by atoms with Gasteiger partial charge >= 0.3 is 0 Å². The molecule has 0 saturated carbocycles. The first-order valence-electron chi connectivity index (χ1n) is 12.0. The average molecular weight is 507 g/mol. The van der Waals surface area contributed by atoms with Gasteiger partial charge in [0.1, 0.15) is 17.2 Å². The van der Waals surface area contributed by atoms with E-state index in [0.29, 0.717) is 27.5 Å². The fraction of sp³-hybridized carbons (Fsp3) is 0.133. The zero-order chi connectivity index (χ0) is 25.3. The number of benzene rings is 3. The van der Waals surface area contributed by atoms with Gasteiger partial charge in [-0.1, -0.05) is 60.1 Å². The maximum absolute atomic E-state index is 14.5. The second-order valence-corrected chi connectivity index (χ2v) is 9.97. The number of rotatable bonds is 3. The number of Topliss-reactive ketones (excluding diaryl/α,β-unsaturated/α-hetero) is 3. The van der Waals surface area contributed by atoms with Gasteiger partial charge < -0.3 is 4.42 Å². The van der Waals surface area contributed by atoms with Gasteiger partial charge in [-0.15, -0.1) is 0 Å². The van der Waals surface area contributed by atoms with Gasteiger partial charge in [-0.3, -0.25) is 19.4 Å². The molecule has 1 fully saturated rings. The molecule has 1 aromatic heterocycles. The molecule has 3 heterocycles. The van der Waals surface area contributed by atoms with Crippen LogP contribution in [0.5, 0.6) is 0 Å². The summed E-state index contributed by atoms with van der Waals surface area (Å²) in [6, 6.07) is 22.7. The van der Waals surface area contributed by atoms with E-state index in [1.54, 1.807) is 71.9 Å². The van der Waals surface area contributed by atoms with Crippen LogP contribution in [0.25, 0.3) is 0 Å². The summed E-state index contributed by atoms with van der Waals surface area (Å²) in [5.74, 6) is -1.42. The molecule has 180 valence electrons. The van der Waals surface area contributed by atoms with Crippen LogP contribution < -0.4 is 0 Å². The summed E-state index contributed by atoms with van der Waals surface area (Å²) in [6.07, 6.45) is 3.18. The smallest absolute Gasteiger partial charge is 0.187 e. The molecule has 0 N–H and O–H groups in total. The highest BCUT2D eigenvalue weighted by Crippen LogP contribution is 2.64. The number of hydrogen-bond acceptors (Lipinski definition) is 6. The van der Waals surface area contributed by atoms with E-state index in [-0.39, 0.29) is 17.3 Å². The lowest BCUT2D eigenvalue weighted by atomic mass is 9.64. The zero-order valence-corrected chi connectivity index (χ0v) is 20.1. The third-order valence-electron chi connectivity index (χ3n) is 7.82. The normalized spacial score (nSPS) is 22.7. The summed E-state index contributed by atoms with van der Waals surface area (Å²) in [6.45, 7) is 0. The van der Waals surface area contributed by atoms with Crippen molar-refractivity contribution in [3.05, 3.63) is 130 Å². The number of halogens is 1. The summed E-state index contributed by atoms with van der Waals surface area (Å²) >= 11 is 6.09. The van der Waals surface area contributed by atoms with Gasteiger partial charge in [-0.25, -0.2) is 0 Å². The molecule has 1 spiro atoms. The quantitative estimate of drug-likeness (QED) is 0.261. The lowest BCUT2D eigenvalue weighted by Crippen LogP contribution is -2.43. The fourth-order valence-corrected chi connectivity index (χ4v) is 6.46. The molecule has 7 rings (SSSR count). The van der Waals surface area contributed by atoms with Crippen molar-refractivity contribution in [1.29, 1.82) is 0 Å². The Labute approximate surface area is 217 Å². The largest absolute Gasteiger partial charge is 0.469 e. The van der Waals surface area contributed by atoms with Crippen molar-refractivity contribution in [3.8, 4) is 0 Å². The SMILES string of the molecule is O=C(c1ccc(Cl)cc1)[C@H]1[C@@H](c2ccco2)C2(C(=O)c3ccccc3C2=O)[C@@H]2c3ccccc3C=NN21. The number of carbonyl (C=O) groups excluding carboxylic acids is 3. The van der Waals surface area contributed by atoms with E-state index in [9.17, 15) is 14.4 Å². The molecular weight excluding hydrogens is 488 g/mol. The number of furan rings is 1. The van der Waals surface area contributed by atoms with Crippen molar-refractivity contribution in [2.45, 2.75) is 18.0 Å². The minimum atomic E-state index is -1.64. The topological polar surface area (TPSA) is 79.9 Å². The Balaban J connectivity index is 1.54. The van der Waals surface area contributed by atoms with E-state index in [1.165, 1.54) is 6.26 Å². The predicted molar refractivity (Wildman–Crippen MR) is 137 cm³/mol. The number of ketones is 3. The van der Waals surface area contributed by atoms with Crippen LogP contribution >= 0.6 is 11.6 Å². The minimum Gasteiger partial charge on any atom is -0.469 e. The summed E-state index contributed by atoms with van der Waals surface area (Å²) in [4.78, 5) is 43.2. The van der Waals surface area contributed by atoms with Gasteiger partial charge in [-0.05, 0) is 47.5 Å². The molecule has 6 nitrogen and oxygen atoms in total. The van der Waals surface area contributed by atoms with E-state index in [4.69, 9.17) is 21.1 Å². The molecule has 3 aliphatic rings. The molecule has 0 radical (unpaired) electrons. The molecule has 1 saturated heterocycles. The van der Waals surface area contributed by atoms with E-state index < -0.39 is 23.4 Å². The Hall–Kier alpha value is -4.29. The highest BCUT2D eigenvalue weighted by molar-refractivity contribution is 6.32. The number of nitrogens with zero attached hydrogens (tertiary/aromatic N) is 2. The van der Waals surface area contributed by atoms with E-state index >= 15 is 0 Å². The Morgan fingerprint density at radius 1 is 0.865 bits per heavy atom. The molecule has 0 unspecified atom stereocenters. The van der Waals surface area contributed by atoms with E-state index in [1.807, 2.05) is 24.3 Å². The maximum Gasteiger partial charge on any atom is 0.187 e. The molecule has 0 amide bonds. The second kappa shape index (κ2) is 7.85. The first kappa shape index (κ1) is 21.9. The second-order valence-electron chi connectivity index (χ2n) is 9.54. The summed E-state index contributed by atoms with van der Waals surface area (Å²) < 4.78 is 5.87. The van der Waals surface area contributed by atoms with Crippen LogP contribution in [0.3, 0.4) is 0 Å². The van der Waals surface area contributed by atoms with Crippen molar-refractivity contribution in [3.63, 3.8) is 0 Å². The summed E-state index contributed by atoms with van der Waals surface area (Å²) in [5.41, 5.74) is 1.06. The van der Waals surface area contributed by atoms with E-state index in [2.05, 4.69) is 0 Å². The summed E-state index contributed by atoms with van der Waals surface area (Å²) in [7, 11) is 0. The Morgan fingerprint density at radius 2 is 1.54 bits per heavy atom. The number of hydrazone groups is 1. The predicted octanol–water partition coefficient (Wildman–Crippen LogP) is 5.74. The third kappa shape index (κ3) is 2.82. The monoisotopic (exact) mass is 506 g/mol. The van der Waals surface area contributed by atoms with Crippen molar-refractivity contribution in [2.24, 2.45) is 10.5 Å². The van der Waals surface area contributed by atoms with Crippen LogP contribution in [0, 0.1) is 5.41 Å². The lowest BCUT2D eigenvalue weighted by Gasteiger charge is -2.36. The summed E-state index contributed by atoms with van der Waals surface area (Å²) in [5, 5.41) is 6.85. The fourth-order valence-electron chi connectivity index (χ4n) is 6.34. The van der Waals surface area contributed by atoms with Gasteiger partial charge in [-0.2, -0.15) is 5.10 Å². The first-order valence-corrected chi connectivity index (χ1v) is 12.3. The van der Waals surface area contributed by atoms with Crippen LogP contribution in [0.1, 0.15) is 59.9 Å². The highest BCUT2D eigenvalue weighted by Gasteiger charge is 2.73. The zero-order valence-electron chi connectivity index (χ0n) is 19.4. The minimum absolute atomic E-state index is 0.270. The van der Waals surface area contributed by atoms with Gasteiger partial charge in [0.05, 0.1) is 24.4 Å². The van der Waals surface area contributed by atoms with Gasteiger partial charge in [0, 0.05) is 21.7 Å². The third-order valence-corrected chi connectivity index (χ3v) is 8.07. The lowest BCUT2D eigenvalue weighted by molar-refractivity contribution is 0.0579. The van der Waals surface area contributed by atoms with Crippen LogP contribution in [-0.4, -0.2) is 34.6 Å². The highest BCUT2D eigenvalue weighted by atomic mass is 35.5. The molecule has 2 aliphatic heterocycles. The van der Waals surface area contributed by atoms with Crippen molar-refractivity contribution in [2.75, 3.05) is 0 Å². The molecule has 1 aliphatic carbocycles. The van der Waals surface area contributed by atoms with Crippen LogP contribution in [-0.2, 0) is 0 Å². The molecule has 0 bridgehead atoms. The first-order chi connectivity index (χ1) is 18.0. The van der Waals surface area contributed by atoms with Crippen LogP contribution in [0.15, 0.2) is 101 Å². The van der Waals surface area contributed by atoms with Crippen molar-refractivity contribution in [1.82, 2.24) is 5.01 Å².